The van der Waals surface area contributed by atoms with Gasteiger partial charge >= 0.3 is 0 Å². The SMILES string of the molecule is CCCOc1ccc(NC(=O)c2ccc(F)c(S(=O)(=O)N3CCCCC3)c2)c(C)c1. The Balaban J connectivity index is 1.81. The monoisotopic (exact) mass is 434 g/mol. The Morgan fingerprint density at radius 2 is 1.87 bits per heavy atom. The first-order valence-electron chi connectivity index (χ1n) is 10.2. The molecule has 0 spiro atoms. The second-order valence-corrected chi connectivity index (χ2v) is 9.30. The van der Waals surface area contributed by atoms with E-state index in [0.717, 1.165) is 43.4 Å². The molecule has 1 N–H and O–H groups in total. The molecule has 0 aliphatic carbocycles. The maximum Gasteiger partial charge on any atom is 0.255 e. The van der Waals surface area contributed by atoms with Gasteiger partial charge in [0.1, 0.15) is 16.5 Å². The minimum absolute atomic E-state index is 0.0812. The summed E-state index contributed by atoms with van der Waals surface area (Å²) in [6.07, 6.45) is 3.35. The normalized spacial score (nSPS) is 15.0. The molecule has 2 aromatic rings. The van der Waals surface area contributed by atoms with Crippen molar-refractivity contribution in [2.45, 2.75) is 44.4 Å². The quantitative estimate of drug-likeness (QED) is 0.703. The van der Waals surface area contributed by atoms with Gasteiger partial charge in [0.05, 0.1) is 6.61 Å². The van der Waals surface area contributed by atoms with Crippen LogP contribution in [0.5, 0.6) is 5.75 Å². The lowest BCUT2D eigenvalue weighted by Gasteiger charge is -2.26. The van der Waals surface area contributed by atoms with Gasteiger partial charge in [0.15, 0.2) is 0 Å². The van der Waals surface area contributed by atoms with Crippen LogP contribution in [0, 0.1) is 12.7 Å². The van der Waals surface area contributed by atoms with Gasteiger partial charge in [0, 0.05) is 24.3 Å². The Bertz CT molecular complexity index is 1020. The van der Waals surface area contributed by atoms with E-state index in [9.17, 15) is 17.6 Å². The van der Waals surface area contributed by atoms with Gasteiger partial charge in [-0.05, 0) is 68.1 Å². The number of nitrogens with zero attached hydrogens (tertiary/aromatic N) is 1. The van der Waals surface area contributed by atoms with Crippen LogP contribution in [0.1, 0.15) is 48.5 Å². The number of piperidine rings is 1. The molecule has 0 aromatic heterocycles. The van der Waals surface area contributed by atoms with E-state index in [2.05, 4.69) is 5.32 Å². The fraction of sp³-hybridized carbons (Fsp3) is 0.409. The highest BCUT2D eigenvalue weighted by Gasteiger charge is 2.29. The first kappa shape index (κ1) is 22.2. The summed E-state index contributed by atoms with van der Waals surface area (Å²) in [5.41, 5.74) is 1.46. The van der Waals surface area contributed by atoms with Crippen LogP contribution in [0.2, 0.25) is 0 Å². The molecule has 0 bridgehead atoms. The average Bonchev–Trinajstić information content (AvgIpc) is 2.74. The summed E-state index contributed by atoms with van der Waals surface area (Å²) in [7, 11) is -3.98. The number of halogens is 1. The van der Waals surface area contributed by atoms with Gasteiger partial charge in [0.2, 0.25) is 10.0 Å². The number of carbonyl (C=O) groups excluding carboxylic acids is 1. The summed E-state index contributed by atoms with van der Waals surface area (Å²) < 4.78 is 47.0. The molecule has 1 fully saturated rings. The summed E-state index contributed by atoms with van der Waals surface area (Å²) in [6.45, 7) is 5.19. The zero-order chi connectivity index (χ0) is 21.7. The zero-order valence-electron chi connectivity index (χ0n) is 17.3. The van der Waals surface area contributed by atoms with Crippen LogP contribution in [0.4, 0.5) is 10.1 Å². The highest BCUT2D eigenvalue weighted by Crippen LogP contribution is 2.26. The third kappa shape index (κ3) is 4.99. The van der Waals surface area contributed by atoms with Crippen molar-refractivity contribution in [1.82, 2.24) is 4.31 Å². The number of hydrogen-bond donors (Lipinski definition) is 1. The van der Waals surface area contributed by atoms with Gasteiger partial charge in [-0.15, -0.1) is 0 Å². The Kier molecular flexibility index (Phi) is 7.10. The van der Waals surface area contributed by atoms with E-state index in [1.807, 2.05) is 19.9 Å². The molecule has 162 valence electrons. The summed E-state index contributed by atoms with van der Waals surface area (Å²) in [4.78, 5) is 12.3. The van der Waals surface area contributed by atoms with Gasteiger partial charge < -0.3 is 10.1 Å². The predicted octanol–water partition coefficient (Wildman–Crippen LogP) is 4.35. The third-order valence-corrected chi connectivity index (χ3v) is 6.96. The smallest absolute Gasteiger partial charge is 0.255 e. The van der Waals surface area contributed by atoms with Crippen LogP contribution >= 0.6 is 0 Å². The number of nitrogens with one attached hydrogen (secondary N) is 1. The molecule has 3 rings (SSSR count). The van der Waals surface area contributed by atoms with Gasteiger partial charge in [0.25, 0.3) is 5.91 Å². The fourth-order valence-electron chi connectivity index (χ4n) is 3.37. The molecule has 1 heterocycles. The standard InChI is InChI=1S/C22H27FN2O4S/c1-3-13-29-18-8-10-20(16(2)14-18)24-22(26)17-7-9-19(23)21(15-17)30(27,28)25-11-5-4-6-12-25/h7-10,14-15H,3-6,11-13H2,1-2H3,(H,24,26). The van der Waals surface area contributed by atoms with E-state index in [1.54, 1.807) is 12.1 Å². The molecule has 2 aromatic carbocycles. The molecular weight excluding hydrogens is 407 g/mol. The molecule has 1 aliphatic heterocycles. The van der Waals surface area contributed by atoms with E-state index < -0.39 is 26.6 Å². The lowest BCUT2D eigenvalue weighted by molar-refractivity contribution is 0.102. The van der Waals surface area contributed by atoms with E-state index in [1.165, 1.54) is 10.4 Å². The number of ether oxygens (including phenoxy) is 1. The number of amides is 1. The topological polar surface area (TPSA) is 75.7 Å². The molecule has 1 aliphatic rings. The minimum atomic E-state index is -3.98. The van der Waals surface area contributed by atoms with Crippen LogP contribution in [0.3, 0.4) is 0 Å². The summed E-state index contributed by atoms with van der Waals surface area (Å²) in [5, 5.41) is 2.76. The van der Waals surface area contributed by atoms with Crippen molar-refractivity contribution in [1.29, 1.82) is 0 Å². The van der Waals surface area contributed by atoms with Crippen LogP contribution in [-0.4, -0.2) is 38.3 Å². The lowest BCUT2D eigenvalue weighted by Crippen LogP contribution is -2.36. The van der Waals surface area contributed by atoms with E-state index in [0.29, 0.717) is 31.1 Å². The van der Waals surface area contributed by atoms with Gasteiger partial charge in [-0.3, -0.25) is 4.79 Å². The first-order chi connectivity index (χ1) is 14.3. The fourth-order valence-corrected chi connectivity index (χ4v) is 4.97. The Morgan fingerprint density at radius 1 is 1.13 bits per heavy atom. The number of carbonyl (C=O) groups is 1. The summed E-state index contributed by atoms with van der Waals surface area (Å²) in [6, 6.07) is 8.74. The summed E-state index contributed by atoms with van der Waals surface area (Å²) in [5.74, 6) is -0.648. The predicted molar refractivity (Wildman–Crippen MR) is 114 cm³/mol. The second kappa shape index (κ2) is 9.57. The van der Waals surface area contributed by atoms with Crippen LogP contribution in [-0.2, 0) is 10.0 Å². The molecule has 1 saturated heterocycles. The van der Waals surface area contributed by atoms with Crippen molar-refractivity contribution in [2.75, 3.05) is 25.0 Å². The van der Waals surface area contributed by atoms with Crippen molar-refractivity contribution < 1.29 is 22.3 Å². The summed E-state index contributed by atoms with van der Waals surface area (Å²) >= 11 is 0. The van der Waals surface area contributed by atoms with Crippen LogP contribution in [0.25, 0.3) is 0 Å². The molecule has 0 saturated carbocycles. The average molecular weight is 435 g/mol. The van der Waals surface area contributed by atoms with E-state index >= 15 is 0 Å². The molecule has 0 atom stereocenters. The van der Waals surface area contributed by atoms with Gasteiger partial charge in [-0.2, -0.15) is 4.31 Å². The van der Waals surface area contributed by atoms with Gasteiger partial charge in [-0.1, -0.05) is 13.3 Å². The maximum absolute atomic E-state index is 14.4. The molecular formula is C22H27FN2O4S. The number of aryl methyl sites for hydroxylation is 1. The first-order valence-corrected chi connectivity index (χ1v) is 11.6. The van der Waals surface area contributed by atoms with Crippen molar-refractivity contribution in [3.8, 4) is 5.75 Å². The lowest BCUT2D eigenvalue weighted by atomic mass is 10.1. The van der Waals surface area contributed by atoms with Crippen molar-refractivity contribution in [3.05, 3.63) is 53.3 Å². The molecule has 30 heavy (non-hydrogen) atoms. The number of anilines is 1. The number of rotatable bonds is 7. The van der Waals surface area contributed by atoms with Crippen molar-refractivity contribution in [3.63, 3.8) is 0 Å². The second-order valence-electron chi connectivity index (χ2n) is 7.39. The van der Waals surface area contributed by atoms with E-state index in [4.69, 9.17) is 4.74 Å². The highest BCUT2D eigenvalue weighted by molar-refractivity contribution is 7.89. The zero-order valence-corrected chi connectivity index (χ0v) is 18.1. The van der Waals surface area contributed by atoms with E-state index in [-0.39, 0.29) is 5.56 Å². The molecule has 1 amide bonds. The van der Waals surface area contributed by atoms with Crippen LogP contribution in [0.15, 0.2) is 41.3 Å². The number of sulfonamides is 1. The van der Waals surface area contributed by atoms with Gasteiger partial charge in [-0.25, -0.2) is 12.8 Å². The molecule has 0 radical (unpaired) electrons. The Hall–Kier alpha value is -2.45. The largest absolute Gasteiger partial charge is 0.494 e. The Labute approximate surface area is 177 Å². The van der Waals surface area contributed by atoms with Crippen LogP contribution < -0.4 is 10.1 Å². The maximum atomic E-state index is 14.4. The number of hydrogen-bond acceptors (Lipinski definition) is 4. The third-order valence-electron chi connectivity index (χ3n) is 5.05. The molecule has 0 unspecified atom stereocenters. The molecule has 6 nitrogen and oxygen atoms in total. The van der Waals surface area contributed by atoms with Crippen molar-refractivity contribution in [2.24, 2.45) is 0 Å². The van der Waals surface area contributed by atoms with Crippen molar-refractivity contribution >= 4 is 21.6 Å². The Morgan fingerprint density at radius 3 is 2.53 bits per heavy atom. The highest BCUT2D eigenvalue weighted by atomic mass is 32.2. The molecule has 8 heteroatoms. The minimum Gasteiger partial charge on any atom is -0.494 e. The number of benzene rings is 2.